The highest BCUT2D eigenvalue weighted by atomic mass is 32.1. The molecule has 2 saturated heterocycles. The number of amides is 3. The van der Waals surface area contributed by atoms with Crippen LogP contribution in [0.4, 0.5) is 11.4 Å². The summed E-state index contributed by atoms with van der Waals surface area (Å²) in [6, 6.07) is 14.1. The van der Waals surface area contributed by atoms with E-state index < -0.39 is 35.8 Å². The number of rotatable bonds is 4. The Morgan fingerprint density at radius 1 is 0.889 bits per heavy atom. The number of benzene rings is 2. The first kappa shape index (κ1) is 25.1. The number of hydrogen-bond donors (Lipinski definition) is 2. The first-order chi connectivity index (χ1) is 17.1. The zero-order valence-corrected chi connectivity index (χ0v) is 21.2. The van der Waals surface area contributed by atoms with Crippen LogP contribution in [-0.4, -0.2) is 40.1 Å². The second-order valence-corrected chi connectivity index (χ2v) is 9.10. The fourth-order valence-electron chi connectivity index (χ4n) is 3.82. The molecular weight excluding hydrogens is 500 g/mol. The van der Waals surface area contributed by atoms with Gasteiger partial charge in [0, 0.05) is 6.92 Å². The van der Waals surface area contributed by atoms with Crippen molar-refractivity contribution in [3.05, 3.63) is 71.3 Å². The average Bonchev–Trinajstić information content (AvgIpc) is 2.80. The van der Waals surface area contributed by atoms with E-state index in [1.54, 1.807) is 36.4 Å². The summed E-state index contributed by atoms with van der Waals surface area (Å²) in [5.41, 5.74) is 2.57. The van der Waals surface area contributed by atoms with Crippen LogP contribution in [-0.2, 0) is 23.9 Å². The van der Waals surface area contributed by atoms with E-state index in [9.17, 15) is 19.2 Å². The number of ether oxygens (including phenoxy) is 1. The highest BCUT2D eigenvalue weighted by Crippen LogP contribution is 2.28. The zero-order valence-electron chi connectivity index (χ0n) is 19.6. The van der Waals surface area contributed by atoms with Crippen LogP contribution in [0.25, 0.3) is 0 Å². The summed E-state index contributed by atoms with van der Waals surface area (Å²) in [4.78, 5) is 54.1. The minimum absolute atomic E-state index is 0.0200. The molecule has 2 N–H and O–H groups in total. The molecule has 0 spiro atoms. The number of anilines is 2. The van der Waals surface area contributed by atoms with Gasteiger partial charge in [0.15, 0.2) is 16.5 Å². The Balaban J connectivity index is 1.75. The molecule has 36 heavy (non-hydrogen) atoms. The molecule has 2 aromatic carbocycles. The summed E-state index contributed by atoms with van der Waals surface area (Å²) in [5.74, 6) is -3.96. The number of nitrogens with one attached hydrogen (secondary N) is 2. The molecule has 184 valence electrons. The molecule has 2 aromatic rings. The van der Waals surface area contributed by atoms with Crippen LogP contribution in [0.3, 0.4) is 0 Å². The van der Waals surface area contributed by atoms with Gasteiger partial charge in [0.2, 0.25) is 5.91 Å². The lowest BCUT2D eigenvalue weighted by Crippen LogP contribution is -2.61. The molecule has 4 rings (SSSR count). The predicted octanol–water partition coefficient (Wildman–Crippen LogP) is 2.40. The summed E-state index contributed by atoms with van der Waals surface area (Å²) in [6.45, 7) is 4.98. The standard InChI is InChI=1S/C25H22N4O5S2/c1-13-4-8-16(9-5-13)28-22(32)18(20(31)26-24(28)35)12-19-21(34-15(3)30)27-25(36)29(23(19)33)17-10-6-14(2)7-11-17/h4-12,19,21H,1-3H3,(H,27,36)(H,26,31,35)/b18-12-/t19-,21+/m1/s1. The van der Waals surface area contributed by atoms with E-state index in [1.807, 2.05) is 26.0 Å². The first-order valence-corrected chi connectivity index (χ1v) is 11.7. The quantitative estimate of drug-likeness (QED) is 0.273. The van der Waals surface area contributed by atoms with E-state index >= 15 is 0 Å². The maximum absolute atomic E-state index is 13.6. The van der Waals surface area contributed by atoms with E-state index in [0.717, 1.165) is 11.1 Å². The number of aryl methyl sites for hydroxylation is 2. The molecule has 9 nitrogen and oxygen atoms in total. The molecule has 0 aliphatic carbocycles. The molecule has 0 aromatic heterocycles. The zero-order chi connectivity index (χ0) is 26.1. The molecular formula is C25H22N4O5S2. The van der Waals surface area contributed by atoms with Gasteiger partial charge >= 0.3 is 5.97 Å². The Bertz CT molecular complexity index is 1320. The Kier molecular flexibility index (Phi) is 6.95. The van der Waals surface area contributed by atoms with E-state index in [-0.39, 0.29) is 15.8 Å². The predicted molar refractivity (Wildman–Crippen MR) is 141 cm³/mol. The lowest BCUT2D eigenvalue weighted by Gasteiger charge is -2.38. The Morgan fingerprint density at radius 2 is 1.42 bits per heavy atom. The van der Waals surface area contributed by atoms with E-state index in [1.165, 1.54) is 22.8 Å². The average molecular weight is 523 g/mol. The van der Waals surface area contributed by atoms with Gasteiger partial charge in [0.25, 0.3) is 11.8 Å². The SMILES string of the molecule is CC(=O)O[C@@H]1NC(=S)N(c2ccc(C)cc2)C(=O)[C@@H]1/C=C1/C(=O)NC(=S)N(c2ccc(C)cc2)C1=O. The van der Waals surface area contributed by atoms with Crippen molar-refractivity contribution in [2.45, 2.75) is 27.0 Å². The van der Waals surface area contributed by atoms with E-state index in [0.29, 0.717) is 11.4 Å². The molecule has 0 unspecified atom stereocenters. The highest BCUT2D eigenvalue weighted by Gasteiger charge is 2.43. The second-order valence-electron chi connectivity index (χ2n) is 8.33. The summed E-state index contributed by atoms with van der Waals surface area (Å²) in [6.07, 6.45) is -0.0361. The molecule has 2 atom stereocenters. The monoisotopic (exact) mass is 522 g/mol. The Morgan fingerprint density at radius 3 is 1.94 bits per heavy atom. The molecule has 2 aliphatic rings. The summed E-state index contributed by atoms with van der Waals surface area (Å²) in [7, 11) is 0. The van der Waals surface area contributed by atoms with Crippen LogP contribution in [0, 0.1) is 19.8 Å². The smallest absolute Gasteiger partial charge is 0.304 e. The minimum atomic E-state index is -1.24. The molecule has 0 saturated carbocycles. The lowest BCUT2D eigenvalue weighted by atomic mass is 9.97. The minimum Gasteiger partial charge on any atom is -0.441 e. The Hall–Kier alpha value is -3.96. The molecule has 2 aliphatic heterocycles. The molecule has 11 heteroatoms. The number of carbonyl (C=O) groups excluding carboxylic acids is 4. The third-order valence-corrected chi connectivity index (χ3v) is 6.21. The molecule has 0 radical (unpaired) electrons. The van der Waals surface area contributed by atoms with Gasteiger partial charge < -0.3 is 10.1 Å². The summed E-state index contributed by atoms with van der Waals surface area (Å²) >= 11 is 10.6. The fourth-order valence-corrected chi connectivity index (χ4v) is 4.41. The summed E-state index contributed by atoms with van der Waals surface area (Å²) in [5, 5.41) is 5.26. The number of esters is 1. The van der Waals surface area contributed by atoms with E-state index in [4.69, 9.17) is 29.2 Å². The van der Waals surface area contributed by atoms with E-state index in [2.05, 4.69) is 10.6 Å². The van der Waals surface area contributed by atoms with Gasteiger partial charge in [-0.15, -0.1) is 0 Å². The Labute approximate surface area is 218 Å². The molecule has 2 heterocycles. The maximum atomic E-state index is 13.6. The number of carbonyl (C=O) groups is 4. The molecule has 3 amide bonds. The number of hydrogen-bond acceptors (Lipinski definition) is 7. The van der Waals surface area contributed by atoms with Crippen molar-refractivity contribution in [2.75, 3.05) is 9.80 Å². The highest BCUT2D eigenvalue weighted by molar-refractivity contribution is 7.80. The molecule has 0 bridgehead atoms. The maximum Gasteiger partial charge on any atom is 0.304 e. The van der Waals surface area contributed by atoms with Crippen molar-refractivity contribution in [3.63, 3.8) is 0 Å². The van der Waals surface area contributed by atoms with Gasteiger partial charge in [0.1, 0.15) is 11.5 Å². The van der Waals surface area contributed by atoms with Gasteiger partial charge in [-0.3, -0.25) is 34.3 Å². The van der Waals surface area contributed by atoms with Crippen molar-refractivity contribution in [1.29, 1.82) is 0 Å². The number of thiocarbonyl (C=S) groups is 2. The van der Waals surface area contributed by atoms with Gasteiger partial charge in [-0.25, -0.2) is 0 Å². The van der Waals surface area contributed by atoms with Crippen LogP contribution < -0.4 is 20.4 Å². The van der Waals surface area contributed by atoms with Gasteiger partial charge in [-0.05, 0) is 68.6 Å². The first-order valence-electron chi connectivity index (χ1n) is 10.9. The second kappa shape index (κ2) is 9.96. The third-order valence-electron chi connectivity index (χ3n) is 5.63. The van der Waals surface area contributed by atoms with Crippen molar-refractivity contribution in [2.24, 2.45) is 5.92 Å². The fraction of sp³-hybridized carbons (Fsp3) is 0.200. The lowest BCUT2D eigenvalue weighted by molar-refractivity contribution is -0.151. The largest absolute Gasteiger partial charge is 0.441 e. The van der Waals surface area contributed by atoms with Crippen molar-refractivity contribution < 1.29 is 23.9 Å². The van der Waals surface area contributed by atoms with Crippen LogP contribution in [0.5, 0.6) is 0 Å². The van der Waals surface area contributed by atoms with Crippen LogP contribution in [0.1, 0.15) is 18.1 Å². The van der Waals surface area contributed by atoms with Gasteiger partial charge in [-0.2, -0.15) is 0 Å². The van der Waals surface area contributed by atoms with Crippen LogP contribution >= 0.6 is 24.4 Å². The number of nitrogens with zero attached hydrogens (tertiary/aromatic N) is 2. The van der Waals surface area contributed by atoms with Crippen LogP contribution in [0.15, 0.2) is 60.2 Å². The molecule has 2 fully saturated rings. The van der Waals surface area contributed by atoms with Crippen molar-refractivity contribution in [3.8, 4) is 0 Å². The van der Waals surface area contributed by atoms with Gasteiger partial charge in [-0.1, -0.05) is 35.4 Å². The van der Waals surface area contributed by atoms with Gasteiger partial charge in [0.05, 0.1) is 11.4 Å². The summed E-state index contributed by atoms with van der Waals surface area (Å²) < 4.78 is 5.29. The normalized spacial score (nSPS) is 21.4. The van der Waals surface area contributed by atoms with Crippen LogP contribution in [0.2, 0.25) is 0 Å². The topological polar surface area (TPSA) is 108 Å². The third kappa shape index (κ3) is 4.88. The van der Waals surface area contributed by atoms with Crippen molar-refractivity contribution >= 4 is 69.7 Å². The van der Waals surface area contributed by atoms with Crippen molar-refractivity contribution in [1.82, 2.24) is 10.6 Å².